The molecule has 0 aliphatic carbocycles. The number of benzene rings is 1. The van der Waals surface area contributed by atoms with Crippen LogP contribution in [0.4, 0.5) is 0 Å². The second-order valence-electron chi connectivity index (χ2n) is 7.57. The number of rotatable bonds is 12. The fraction of sp³-hybridized carbons (Fsp3) is 0.682. The predicted octanol–water partition coefficient (Wildman–Crippen LogP) is 1.86. The number of aliphatic imine (C=N–C) groups is 1. The molecule has 1 aromatic rings. The van der Waals surface area contributed by atoms with E-state index in [0.29, 0.717) is 19.8 Å². The second kappa shape index (κ2) is 12.7. The van der Waals surface area contributed by atoms with Crippen molar-refractivity contribution < 1.29 is 14.6 Å². The Morgan fingerprint density at radius 1 is 1.24 bits per heavy atom. The molecule has 1 aromatic carbocycles. The van der Waals surface area contributed by atoms with Crippen LogP contribution in [0.1, 0.15) is 32.3 Å². The zero-order valence-corrected chi connectivity index (χ0v) is 18.2. The highest BCUT2D eigenvalue weighted by atomic mass is 16.5. The number of hydrogen-bond donors (Lipinski definition) is 3. The fourth-order valence-electron chi connectivity index (χ4n) is 3.53. The average molecular weight is 407 g/mol. The van der Waals surface area contributed by atoms with Crippen molar-refractivity contribution in [3.63, 3.8) is 0 Å². The van der Waals surface area contributed by atoms with Crippen LogP contribution in [0.3, 0.4) is 0 Å². The van der Waals surface area contributed by atoms with Gasteiger partial charge in [-0.1, -0.05) is 26.0 Å². The molecule has 0 radical (unpaired) electrons. The molecule has 1 atom stereocenters. The van der Waals surface area contributed by atoms with Gasteiger partial charge in [0.1, 0.15) is 12.4 Å². The minimum absolute atomic E-state index is 0.00348. The van der Waals surface area contributed by atoms with Gasteiger partial charge in [-0.3, -0.25) is 4.99 Å². The molecule has 0 aromatic heterocycles. The number of aliphatic hydroxyl groups excluding tert-OH is 1. The Morgan fingerprint density at radius 2 is 2.00 bits per heavy atom. The highest BCUT2D eigenvalue weighted by Crippen LogP contribution is 2.31. The molecule has 1 heterocycles. The maximum absolute atomic E-state index is 9.35. The van der Waals surface area contributed by atoms with Gasteiger partial charge in [0.05, 0.1) is 6.61 Å². The van der Waals surface area contributed by atoms with Gasteiger partial charge in [0.25, 0.3) is 0 Å². The van der Waals surface area contributed by atoms with E-state index in [9.17, 15) is 5.11 Å². The van der Waals surface area contributed by atoms with Crippen LogP contribution in [0.2, 0.25) is 0 Å². The van der Waals surface area contributed by atoms with Crippen LogP contribution in [0.25, 0.3) is 0 Å². The van der Waals surface area contributed by atoms with Crippen LogP contribution in [0.15, 0.2) is 29.3 Å². The number of nitrogens with zero attached hydrogens (tertiary/aromatic N) is 2. The third-order valence-electron chi connectivity index (χ3n) is 5.64. The Bertz CT molecular complexity index is 597. The molecule has 0 bridgehead atoms. The van der Waals surface area contributed by atoms with Gasteiger partial charge in [-0.15, -0.1) is 0 Å². The number of guanidine groups is 1. The first-order valence-corrected chi connectivity index (χ1v) is 10.7. The van der Waals surface area contributed by atoms with Crippen LogP contribution < -0.4 is 15.4 Å². The monoisotopic (exact) mass is 406 g/mol. The summed E-state index contributed by atoms with van der Waals surface area (Å²) >= 11 is 0. The van der Waals surface area contributed by atoms with Crippen molar-refractivity contribution in [2.45, 2.75) is 33.2 Å². The summed E-state index contributed by atoms with van der Waals surface area (Å²) in [5, 5.41) is 16.1. The molecule has 0 amide bonds. The smallest absolute Gasteiger partial charge is 0.191 e. The van der Waals surface area contributed by atoms with Gasteiger partial charge in [-0.05, 0) is 43.6 Å². The van der Waals surface area contributed by atoms with E-state index in [2.05, 4.69) is 46.5 Å². The van der Waals surface area contributed by atoms with Crippen molar-refractivity contribution in [2.24, 2.45) is 10.4 Å². The maximum atomic E-state index is 9.35. The Hall–Kier alpha value is -1.83. The summed E-state index contributed by atoms with van der Waals surface area (Å²) < 4.78 is 11.4. The lowest BCUT2D eigenvalue weighted by atomic mass is 9.84. The number of aliphatic hydroxyl groups is 1. The third kappa shape index (κ3) is 7.84. The van der Waals surface area contributed by atoms with Crippen molar-refractivity contribution >= 4 is 5.96 Å². The Labute approximate surface area is 175 Å². The topological polar surface area (TPSA) is 78.4 Å². The molecule has 2 rings (SSSR count). The van der Waals surface area contributed by atoms with E-state index < -0.39 is 0 Å². The first-order chi connectivity index (χ1) is 14.1. The molecule has 0 saturated carbocycles. The highest BCUT2D eigenvalue weighted by Gasteiger charge is 2.34. The van der Waals surface area contributed by atoms with Gasteiger partial charge in [0.2, 0.25) is 0 Å². The van der Waals surface area contributed by atoms with Crippen LogP contribution in [0.5, 0.6) is 5.75 Å². The number of likely N-dealkylation sites (N-methyl/N-ethyl adjacent to an activating group) is 1. The molecule has 7 nitrogen and oxygen atoms in total. The summed E-state index contributed by atoms with van der Waals surface area (Å²) in [7, 11) is 1.77. The van der Waals surface area contributed by atoms with Crippen molar-refractivity contribution in [2.75, 3.05) is 59.7 Å². The zero-order valence-electron chi connectivity index (χ0n) is 18.2. The predicted molar refractivity (Wildman–Crippen MR) is 117 cm³/mol. The first-order valence-electron chi connectivity index (χ1n) is 10.7. The summed E-state index contributed by atoms with van der Waals surface area (Å²) in [6.07, 6.45) is 1.71. The van der Waals surface area contributed by atoms with E-state index in [1.165, 1.54) is 5.56 Å². The maximum Gasteiger partial charge on any atom is 0.191 e. The lowest BCUT2D eigenvalue weighted by molar-refractivity contribution is 0.127. The summed E-state index contributed by atoms with van der Waals surface area (Å²) in [5.74, 6) is 1.66. The Balaban J connectivity index is 1.74. The number of nitrogens with one attached hydrogen (secondary N) is 2. The quantitative estimate of drug-likeness (QED) is 0.363. The number of hydrogen-bond acceptors (Lipinski definition) is 5. The molecule has 0 spiro atoms. The van der Waals surface area contributed by atoms with E-state index in [0.717, 1.165) is 57.3 Å². The van der Waals surface area contributed by atoms with Gasteiger partial charge < -0.3 is 30.1 Å². The van der Waals surface area contributed by atoms with Gasteiger partial charge in [0.15, 0.2) is 5.96 Å². The van der Waals surface area contributed by atoms with Gasteiger partial charge in [0, 0.05) is 45.3 Å². The molecule has 1 saturated heterocycles. The molecule has 7 heteroatoms. The van der Waals surface area contributed by atoms with E-state index in [1.807, 2.05) is 12.1 Å². The summed E-state index contributed by atoms with van der Waals surface area (Å²) in [6, 6.07) is 8.18. The summed E-state index contributed by atoms with van der Waals surface area (Å²) in [6.45, 7) is 11.1. The minimum Gasteiger partial charge on any atom is -0.492 e. The van der Waals surface area contributed by atoms with Crippen molar-refractivity contribution in [1.29, 1.82) is 0 Å². The third-order valence-corrected chi connectivity index (χ3v) is 5.64. The van der Waals surface area contributed by atoms with E-state index >= 15 is 0 Å². The number of ether oxygens (including phenoxy) is 2. The van der Waals surface area contributed by atoms with Crippen molar-refractivity contribution in [3.8, 4) is 5.75 Å². The molecular formula is C22H38N4O3. The summed E-state index contributed by atoms with van der Waals surface area (Å²) in [5.41, 5.74) is 1.16. The van der Waals surface area contributed by atoms with Gasteiger partial charge in [-0.25, -0.2) is 0 Å². The minimum atomic E-state index is -0.00348. The molecule has 29 heavy (non-hydrogen) atoms. The van der Waals surface area contributed by atoms with E-state index in [1.54, 1.807) is 7.05 Å². The lowest BCUT2D eigenvalue weighted by Crippen LogP contribution is -2.44. The largest absolute Gasteiger partial charge is 0.492 e. The molecule has 164 valence electrons. The molecule has 1 aliphatic rings. The second-order valence-corrected chi connectivity index (χ2v) is 7.57. The van der Waals surface area contributed by atoms with E-state index in [4.69, 9.17) is 9.47 Å². The molecule has 1 aliphatic heterocycles. The van der Waals surface area contributed by atoms with Crippen LogP contribution in [-0.2, 0) is 11.3 Å². The van der Waals surface area contributed by atoms with Crippen molar-refractivity contribution in [3.05, 3.63) is 29.8 Å². The lowest BCUT2D eigenvalue weighted by Gasteiger charge is -2.27. The normalized spacial score (nSPS) is 19.6. The molecular weight excluding hydrogens is 368 g/mol. The summed E-state index contributed by atoms with van der Waals surface area (Å²) in [4.78, 5) is 6.65. The van der Waals surface area contributed by atoms with Crippen molar-refractivity contribution in [1.82, 2.24) is 15.5 Å². The zero-order chi connectivity index (χ0) is 21.0. The SMILES string of the molecule is CCN(CC)CCOc1ccc(CNC(=NC)NCC2(CCO)CCOC2)cc1. The Kier molecular flexibility index (Phi) is 10.2. The molecule has 3 N–H and O–H groups in total. The highest BCUT2D eigenvalue weighted by molar-refractivity contribution is 5.79. The van der Waals surface area contributed by atoms with Crippen LogP contribution in [0, 0.1) is 5.41 Å². The van der Waals surface area contributed by atoms with Gasteiger partial charge >= 0.3 is 0 Å². The Morgan fingerprint density at radius 3 is 2.59 bits per heavy atom. The molecule has 1 fully saturated rings. The van der Waals surface area contributed by atoms with Gasteiger partial charge in [-0.2, -0.15) is 0 Å². The standard InChI is InChI=1S/C22H38N4O3/c1-4-26(5-2)12-15-29-20-8-6-19(7-9-20)16-24-21(23-3)25-17-22(10-13-27)11-14-28-18-22/h6-9,27H,4-5,10-18H2,1-3H3,(H2,23,24,25). The van der Waals surface area contributed by atoms with Crippen LogP contribution in [-0.4, -0.2) is 75.6 Å². The van der Waals surface area contributed by atoms with E-state index in [-0.39, 0.29) is 12.0 Å². The first kappa shape index (κ1) is 23.4. The fourth-order valence-corrected chi connectivity index (χ4v) is 3.53. The molecule has 1 unspecified atom stereocenters. The van der Waals surface area contributed by atoms with Crippen LogP contribution >= 0.6 is 0 Å². The average Bonchev–Trinajstić information content (AvgIpc) is 3.21.